The van der Waals surface area contributed by atoms with E-state index in [0.717, 1.165) is 12.8 Å². The van der Waals surface area contributed by atoms with Gasteiger partial charge in [0.2, 0.25) is 10.0 Å². The van der Waals surface area contributed by atoms with Crippen molar-refractivity contribution in [2.24, 2.45) is 5.41 Å². The van der Waals surface area contributed by atoms with E-state index in [1.165, 1.54) is 0 Å². The minimum atomic E-state index is -3.39. The average Bonchev–Trinajstić information content (AvgIpc) is 2.39. The first-order valence-electron chi connectivity index (χ1n) is 6.14. The van der Waals surface area contributed by atoms with Crippen LogP contribution in [0.4, 0.5) is 0 Å². The summed E-state index contributed by atoms with van der Waals surface area (Å²) in [5.41, 5.74) is 0.0000996. The van der Waals surface area contributed by atoms with Gasteiger partial charge >= 0.3 is 0 Å². The Hall–Kier alpha value is -0.910. The largest absolute Gasteiger partial charge is 0.381 e. The molecule has 0 saturated carbocycles. The topological polar surface area (TPSA) is 55.4 Å². The number of rotatable bonds is 4. The van der Waals surface area contributed by atoms with Crippen molar-refractivity contribution in [1.29, 1.82) is 0 Å². The molecule has 1 N–H and O–H groups in total. The Kier molecular flexibility index (Phi) is 4.04. The summed E-state index contributed by atoms with van der Waals surface area (Å²) >= 11 is 0. The van der Waals surface area contributed by atoms with Gasteiger partial charge in [-0.2, -0.15) is 0 Å². The van der Waals surface area contributed by atoms with Crippen LogP contribution in [0.1, 0.15) is 19.8 Å². The molecule has 1 aromatic carbocycles. The Bertz CT molecular complexity index is 478. The van der Waals surface area contributed by atoms with Gasteiger partial charge in [0.15, 0.2) is 0 Å². The van der Waals surface area contributed by atoms with E-state index in [4.69, 9.17) is 4.74 Å². The highest BCUT2D eigenvalue weighted by molar-refractivity contribution is 7.89. The van der Waals surface area contributed by atoms with Crippen LogP contribution in [0.25, 0.3) is 0 Å². The molecule has 5 heteroatoms. The summed E-state index contributed by atoms with van der Waals surface area (Å²) in [5.74, 6) is 0. The molecular formula is C13H19NO3S. The molecule has 2 rings (SSSR count). The van der Waals surface area contributed by atoms with Crippen molar-refractivity contribution >= 4 is 10.0 Å². The maximum absolute atomic E-state index is 12.1. The van der Waals surface area contributed by atoms with E-state index in [2.05, 4.69) is 11.6 Å². The Morgan fingerprint density at radius 2 is 1.83 bits per heavy atom. The van der Waals surface area contributed by atoms with Crippen LogP contribution in [0.5, 0.6) is 0 Å². The van der Waals surface area contributed by atoms with Gasteiger partial charge in [0.25, 0.3) is 0 Å². The van der Waals surface area contributed by atoms with Crippen LogP contribution in [0.3, 0.4) is 0 Å². The van der Waals surface area contributed by atoms with E-state index in [9.17, 15) is 8.42 Å². The van der Waals surface area contributed by atoms with Crippen molar-refractivity contribution in [3.63, 3.8) is 0 Å². The molecule has 1 aliphatic heterocycles. The van der Waals surface area contributed by atoms with Crippen molar-refractivity contribution in [2.45, 2.75) is 24.7 Å². The minimum absolute atomic E-state index is 0.0000996. The van der Waals surface area contributed by atoms with E-state index >= 15 is 0 Å². The molecule has 100 valence electrons. The SMILES string of the molecule is CC1(CNS(=O)(=O)c2ccccc2)CCOCC1. The molecule has 0 bridgehead atoms. The fraction of sp³-hybridized carbons (Fsp3) is 0.538. The Morgan fingerprint density at radius 3 is 2.44 bits per heavy atom. The highest BCUT2D eigenvalue weighted by Crippen LogP contribution is 2.29. The van der Waals surface area contributed by atoms with Gasteiger partial charge in [-0.05, 0) is 30.4 Å². The Balaban J connectivity index is 2.01. The number of hydrogen-bond donors (Lipinski definition) is 1. The van der Waals surface area contributed by atoms with Crippen LogP contribution in [-0.4, -0.2) is 28.2 Å². The molecule has 4 nitrogen and oxygen atoms in total. The third-order valence-electron chi connectivity index (χ3n) is 3.44. The van der Waals surface area contributed by atoms with E-state index in [1.54, 1.807) is 30.3 Å². The Labute approximate surface area is 108 Å². The summed E-state index contributed by atoms with van der Waals surface area (Å²) in [6.07, 6.45) is 1.79. The predicted octanol–water partition coefficient (Wildman–Crippen LogP) is 1.78. The van der Waals surface area contributed by atoms with E-state index in [1.807, 2.05) is 0 Å². The predicted molar refractivity (Wildman–Crippen MR) is 69.8 cm³/mol. The highest BCUT2D eigenvalue weighted by atomic mass is 32.2. The lowest BCUT2D eigenvalue weighted by Gasteiger charge is -2.33. The summed E-state index contributed by atoms with van der Waals surface area (Å²) < 4.78 is 32.2. The summed E-state index contributed by atoms with van der Waals surface area (Å²) in [6, 6.07) is 8.47. The van der Waals surface area contributed by atoms with Crippen LogP contribution < -0.4 is 4.72 Å². The van der Waals surface area contributed by atoms with Crippen LogP contribution in [0, 0.1) is 5.41 Å². The van der Waals surface area contributed by atoms with Gasteiger partial charge in [-0.1, -0.05) is 25.1 Å². The zero-order valence-corrected chi connectivity index (χ0v) is 11.4. The molecule has 0 aliphatic carbocycles. The standard InChI is InChI=1S/C13H19NO3S/c1-13(7-9-17-10-8-13)11-14-18(15,16)12-5-3-2-4-6-12/h2-6,14H,7-11H2,1H3. The van der Waals surface area contributed by atoms with Crippen molar-refractivity contribution in [3.05, 3.63) is 30.3 Å². The number of sulfonamides is 1. The fourth-order valence-electron chi connectivity index (χ4n) is 1.99. The fourth-order valence-corrected chi connectivity index (χ4v) is 3.21. The third kappa shape index (κ3) is 3.31. The van der Waals surface area contributed by atoms with Crippen molar-refractivity contribution < 1.29 is 13.2 Å². The molecule has 0 spiro atoms. The zero-order valence-electron chi connectivity index (χ0n) is 10.6. The van der Waals surface area contributed by atoms with E-state index < -0.39 is 10.0 Å². The number of ether oxygens (including phenoxy) is 1. The van der Waals surface area contributed by atoms with Crippen LogP contribution >= 0.6 is 0 Å². The van der Waals surface area contributed by atoms with Gasteiger partial charge in [0.05, 0.1) is 4.90 Å². The second kappa shape index (κ2) is 5.38. The third-order valence-corrected chi connectivity index (χ3v) is 4.86. The molecule has 1 heterocycles. The average molecular weight is 269 g/mol. The number of hydrogen-bond acceptors (Lipinski definition) is 3. The highest BCUT2D eigenvalue weighted by Gasteiger charge is 2.29. The molecule has 0 radical (unpaired) electrons. The number of benzene rings is 1. The first-order chi connectivity index (χ1) is 8.52. The lowest BCUT2D eigenvalue weighted by atomic mass is 9.83. The van der Waals surface area contributed by atoms with Crippen LogP contribution in [0.15, 0.2) is 35.2 Å². The molecule has 1 fully saturated rings. The maximum atomic E-state index is 12.1. The molecule has 1 aliphatic rings. The van der Waals surface area contributed by atoms with Gasteiger partial charge in [-0.25, -0.2) is 13.1 Å². The Morgan fingerprint density at radius 1 is 1.22 bits per heavy atom. The molecule has 0 amide bonds. The van der Waals surface area contributed by atoms with Gasteiger partial charge in [0, 0.05) is 19.8 Å². The molecule has 0 unspecified atom stereocenters. The smallest absolute Gasteiger partial charge is 0.240 e. The molecule has 1 aromatic rings. The van der Waals surface area contributed by atoms with Crippen molar-refractivity contribution in [1.82, 2.24) is 4.72 Å². The number of nitrogens with one attached hydrogen (secondary N) is 1. The van der Waals surface area contributed by atoms with Crippen LogP contribution in [0.2, 0.25) is 0 Å². The normalized spacial score (nSPS) is 19.6. The monoisotopic (exact) mass is 269 g/mol. The summed E-state index contributed by atoms with van der Waals surface area (Å²) in [7, 11) is -3.39. The van der Waals surface area contributed by atoms with Gasteiger partial charge in [-0.15, -0.1) is 0 Å². The molecule has 0 aromatic heterocycles. The molecule has 1 saturated heterocycles. The lowest BCUT2D eigenvalue weighted by molar-refractivity contribution is 0.0265. The zero-order chi connectivity index (χ0) is 13.1. The van der Waals surface area contributed by atoms with Crippen molar-refractivity contribution in [2.75, 3.05) is 19.8 Å². The van der Waals surface area contributed by atoms with Gasteiger partial charge in [-0.3, -0.25) is 0 Å². The van der Waals surface area contributed by atoms with Gasteiger partial charge < -0.3 is 4.74 Å². The van der Waals surface area contributed by atoms with E-state index in [0.29, 0.717) is 24.7 Å². The van der Waals surface area contributed by atoms with Gasteiger partial charge in [0.1, 0.15) is 0 Å². The molecule has 0 atom stereocenters. The summed E-state index contributed by atoms with van der Waals surface area (Å²) in [4.78, 5) is 0.320. The lowest BCUT2D eigenvalue weighted by Crippen LogP contribution is -2.39. The minimum Gasteiger partial charge on any atom is -0.381 e. The first-order valence-corrected chi connectivity index (χ1v) is 7.63. The molecular weight excluding hydrogens is 250 g/mol. The quantitative estimate of drug-likeness (QED) is 0.906. The van der Waals surface area contributed by atoms with Crippen molar-refractivity contribution in [3.8, 4) is 0 Å². The van der Waals surface area contributed by atoms with E-state index in [-0.39, 0.29) is 5.41 Å². The second-order valence-electron chi connectivity index (χ2n) is 5.06. The maximum Gasteiger partial charge on any atom is 0.240 e. The first kappa shape index (κ1) is 13.5. The summed E-state index contributed by atoms with van der Waals surface area (Å²) in [5, 5.41) is 0. The molecule has 18 heavy (non-hydrogen) atoms. The van der Waals surface area contributed by atoms with Crippen LogP contribution in [-0.2, 0) is 14.8 Å². The second-order valence-corrected chi connectivity index (χ2v) is 6.83. The summed E-state index contributed by atoms with van der Waals surface area (Å²) in [6.45, 7) is 3.99.